The van der Waals surface area contributed by atoms with Gasteiger partial charge in [0, 0.05) is 18.2 Å². The van der Waals surface area contributed by atoms with Gasteiger partial charge in [-0.25, -0.2) is 0 Å². The highest BCUT2D eigenvalue weighted by atomic mass is 79.9. The second kappa shape index (κ2) is 11.2. The summed E-state index contributed by atoms with van der Waals surface area (Å²) >= 11 is 1.90. The molecule has 0 aliphatic heterocycles. The molecule has 0 atom stereocenters. The lowest BCUT2D eigenvalue weighted by molar-refractivity contribution is 0.534. The molecule has 0 saturated heterocycles. The Morgan fingerprint density at radius 1 is 0.950 bits per heavy atom. The minimum Gasteiger partial charge on any atom is -0.335 e. The highest BCUT2D eigenvalue weighted by Crippen LogP contribution is 2.18. The van der Waals surface area contributed by atoms with Gasteiger partial charge in [-0.1, -0.05) is 63.5 Å². The smallest absolute Gasteiger partial charge is 0.335 e. The molecule has 4 heteroatoms. The van der Waals surface area contributed by atoms with Gasteiger partial charge in [0.05, 0.1) is 0 Å². The number of hydrogen-bond donors (Lipinski definition) is 1. The van der Waals surface area contributed by atoms with Crippen LogP contribution in [0.15, 0.2) is 30.3 Å². The van der Waals surface area contributed by atoms with E-state index in [1.54, 1.807) is 0 Å². The van der Waals surface area contributed by atoms with Crippen molar-refractivity contribution in [2.45, 2.75) is 64.2 Å². The first-order valence-corrected chi connectivity index (χ1v) is 11.8. The van der Waals surface area contributed by atoms with Crippen LogP contribution in [0.2, 0.25) is 19.6 Å². The van der Waals surface area contributed by atoms with Crippen LogP contribution >= 0.6 is 17.0 Å². The minimum atomic E-state index is -1.02. The zero-order valence-electron chi connectivity index (χ0n) is 13.3. The lowest BCUT2D eigenvalue weighted by Gasteiger charge is -2.26. The van der Waals surface area contributed by atoms with E-state index >= 15 is 0 Å². The lowest BCUT2D eigenvalue weighted by Crippen LogP contribution is -2.47. The number of nitrogens with one attached hydrogen (secondary N) is 1. The standard InChI is InChI=1S/C10H23NSi.C6H5.BrH.Mg/c1-12(2,3)11-10-8-6-4-5-7-9-10;1-2-4-6-5-3-1;;/h10-11H,4-9H2,1-3H3;1-5H;1H;/q;;;+2. The fourth-order valence-electron chi connectivity index (χ4n) is 2.51. The third-order valence-electron chi connectivity index (χ3n) is 3.34. The van der Waals surface area contributed by atoms with Crippen LogP contribution in [0.3, 0.4) is 0 Å². The lowest BCUT2D eigenvalue weighted by atomic mass is 10.1. The van der Waals surface area contributed by atoms with Crippen LogP contribution in [0.5, 0.6) is 0 Å². The quantitative estimate of drug-likeness (QED) is 0.610. The van der Waals surface area contributed by atoms with Crippen molar-refractivity contribution < 1.29 is 0 Å². The predicted octanol–water partition coefficient (Wildman–Crippen LogP) is 4.19. The van der Waals surface area contributed by atoms with Crippen molar-refractivity contribution in [3.8, 4) is 0 Å². The molecule has 1 aromatic carbocycles. The Balaban J connectivity index is 0.000000387. The molecule has 0 bridgehead atoms. The Bertz CT molecular complexity index is 332. The zero-order valence-corrected chi connectivity index (χ0v) is 17.4. The molecule has 0 unspecified atom stereocenters. The number of hydrogen-bond acceptors (Lipinski definition) is 1. The molecule has 109 valence electrons. The van der Waals surface area contributed by atoms with Crippen molar-refractivity contribution in [1.82, 2.24) is 4.98 Å². The van der Waals surface area contributed by atoms with Gasteiger partial charge < -0.3 is 4.98 Å². The van der Waals surface area contributed by atoms with Gasteiger partial charge in [0.15, 0.2) is 0 Å². The molecule has 0 aromatic heterocycles. The summed E-state index contributed by atoms with van der Waals surface area (Å²) in [5.41, 5.74) is 0. The Morgan fingerprint density at radius 3 is 1.80 bits per heavy atom. The van der Waals surface area contributed by atoms with Crippen molar-refractivity contribution in [2.24, 2.45) is 0 Å². The Kier molecular flexibility index (Phi) is 11.6. The maximum atomic E-state index is 3.84. The Labute approximate surface area is 149 Å². The molecule has 1 saturated carbocycles. The molecule has 20 heavy (non-hydrogen) atoms. The van der Waals surface area contributed by atoms with Gasteiger partial charge in [0.1, 0.15) is 8.24 Å². The van der Waals surface area contributed by atoms with Gasteiger partial charge in [0.2, 0.25) is 0 Å². The normalized spacial score (nSPS) is 16.4. The van der Waals surface area contributed by atoms with Crippen LogP contribution in [0.4, 0.5) is 0 Å². The molecule has 1 aromatic rings. The molecule has 0 amide bonds. The van der Waals surface area contributed by atoms with Crippen LogP contribution in [0, 0.1) is 0 Å². The molecule has 7 radical (unpaired) electrons. The van der Waals surface area contributed by atoms with E-state index in [2.05, 4.69) is 36.8 Å². The fraction of sp³-hybridized carbons (Fsp3) is 0.625. The molecule has 1 nitrogen and oxygen atoms in total. The average Bonchev–Trinajstić information content (AvgIpc) is 2.57. The van der Waals surface area contributed by atoms with Crippen LogP contribution in [-0.2, 0) is 0 Å². The largest absolute Gasteiger partial charge is 1.47 e. The first-order chi connectivity index (χ1) is 8.97. The third-order valence-corrected chi connectivity index (χ3v) is 5.08. The Morgan fingerprint density at radius 2 is 1.45 bits per heavy atom. The summed E-state index contributed by atoms with van der Waals surface area (Å²) in [6.07, 6.45) is 8.66. The molecule has 1 aliphatic carbocycles. The second-order valence-electron chi connectivity index (χ2n) is 6.57. The van der Waals surface area contributed by atoms with Crippen LogP contribution in [-0.4, -0.2) is 36.0 Å². The van der Waals surface area contributed by atoms with Crippen molar-refractivity contribution in [3.63, 3.8) is 0 Å². The summed E-state index contributed by atoms with van der Waals surface area (Å²) in [7, 11) is -1.02. The molecule has 2 rings (SSSR count). The number of rotatable bonds is 2. The minimum absolute atomic E-state index is 0. The number of benzene rings is 1. The highest BCUT2D eigenvalue weighted by molar-refractivity contribution is 8.93. The van der Waals surface area contributed by atoms with Crippen molar-refractivity contribution >= 4 is 50.6 Å². The van der Waals surface area contributed by atoms with Gasteiger partial charge in [-0.05, 0) is 12.8 Å². The molecule has 1 fully saturated rings. The summed E-state index contributed by atoms with van der Waals surface area (Å²) in [4.78, 5) is 3.84. The molecule has 0 heterocycles. The fourth-order valence-corrected chi connectivity index (χ4v) is 4.30. The van der Waals surface area contributed by atoms with Crippen LogP contribution in [0.1, 0.15) is 38.5 Å². The zero-order chi connectivity index (χ0) is 14.1. The molecule has 1 aliphatic rings. The molecular formula is C16H29BrMgNSi+2. The molecule has 0 spiro atoms. The van der Waals surface area contributed by atoms with Crippen molar-refractivity contribution in [2.75, 3.05) is 0 Å². The van der Waals surface area contributed by atoms with Gasteiger partial charge in [0.25, 0.3) is 0 Å². The van der Waals surface area contributed by atoms with E-state index in [0.717, 1.165) is 6.04 Å². The maximum Gasteiger partial charge on any atom is 1.47 e. The number of halogens is 1. The topological polar surface area (TPSA) is 12.0 Å². The SMILES string of the molecule is Br.C[Si](C)(C)NC1CCCCCC1.[Mg+2][c]1ccccc1. The summed E-state index contributed by atoms with van der Waals surface area (Å²) in [5.74, 6) is 0. The average molecular weight is 368 g/mol. The van der Waals surface area contributed by atoms with E-state index in [1.807, 2.05) is 39.9 Å². The van der Waals surface area contributed by atoms with E-state index in [1.165, 1.54) is 42.2 Å². The molecule has 1 N–H and O–H groups in total. The Hall–Kier alpha value is 0.643. The van der Waals surface area contributed by atoms with Gasteiger partial charge >= 0.3 is 25.4 Å². The van der Waals surface area contributed by atoms with E-state index in [9.17, 15) is 0 Å². The van der Waals surface area contributed by atoms with Gasteiger partial charge in [-0.15, -0.1) is 17.0 Å². The monoisotopic (exact) mass is 366 g/mol. The predicted molar refractivity (Wildman–Crippen MR) is 100 cm³/mol. The maximum absolute atomic E-state index is 3.84. The van der Waals surface area contributed by atoms with E-state index in [0.29, 0.717) is 0 Å². The van der Waals surface area contributed by atoms with E-state index in [4.69, 9.17) is 0 Å². The van der Waals surface area contributed by atoms with Gasteiger partial charge in [-0.2, -0.15) is 0 Å². The summed E-state index contributed by atoms with van der Waals surface area (Å²) < 4.78 is 1.35. The summed E-state index contributed by atoms with van der Waals surface area (Å²) in [5, 5.41) is 0. The molecular weight excluding hydrogens is 338 g/mol. The third kappa shape index (κ3) is 11.3. The summed E-state index contributed by atoms with van der Waals surface area (Å²) in [6, 6.07) is 11.2. The summed E-state index contributed by atoms with van der Waals surface area (Å²) in [6.45, 7) is 7.20. The van der Waals surface area contributed by atoms with E-state index in [-0.39, 0.29) is 17.0 Å². The van der Waals surface area contributed by atoms with Gasteiger partial charge in [-0.3, -0.25) is 0 Å². The van der Waals surface area contributed by atoms with Crippen LogP contribution < -0.4 is 8.68 Å². The first kappa shape index (κ1) is 20.6. The highest BCUT2D eigenvalue weighted by Gasteiger charge is 2.28. The van der Waals surface area contributed by atoms with E-state index < -0.39 is 8.24 Å². The second-order valence-corrected chi connectivity index (χ2v) is 12.2. The first-order valence-electron chi connectivity index (χ1n) is 7.62. The van der Waals surface area contributed by atoms with Crippen LogP contribution in [0.25, 0.3) is 0 Å². The van der Waals surface area contributed by atoms with Crippen molar-refractivity contribution in [3.05, 3.63) is 30.3 Å². The van der Waals surface area contributed by atoms with Crippen molar-refractivity contribution in [1.29, 1.82) is 0 Å².